The number of sulfonamides is 1. The van der Waals surface area contributed by atoms with Gasteiger partial charge >= 0.3 is 0 Å². The molecule has 0 saturated heterocycles. The lowest BCUT2D eigenvalue weighted by molar-refractivity contribution is -0.121. The van der Waals surface area contributed by atoms with Gasteiger partial charge in [-0.3, -0.25) is 4.79 Å². The van der Waals surface area contributed by atoms with Gasteiger partial charge < -0.3 is 4.74 Å². The Hall–Kier alpha value is -3.49. The maximum Gasteiger partial charge on any atom is 0.255 e. The molecule has 0 aliphatic heterocycles. The lowest BCUT2D eigenvalue weighted by Gasteiger charge is -2.21. The van der Waals surface area contributed by atoms with Crippen molar-refractivity contribution >= 4 is 21.6 Å². The van der Waals surface area contributed by atoms with E-state index >= 15 is 0 Å². The molecule has 0 heterocycles. The number of ether oxygens (including phenoxy) is 1. The lowest BCUT2D eigenvalue weighted by atomic mass is 10.1. The molecule has 0 unspecified atom stereocenters. The molecule has 7 nitrogen and oxygen atoms in total. The van der Waals surface area contributed by atoms with Crippen LogP contribution in [-0.4, -0.2) is 44.5 Å². The Kier molecular flexibility index (Phi) is 9.57. The van der Waals surface area contributed by atoms with E-state index in [0.29, 0.717) is 18.6 Å². The van der Waals surface area contributed by atoms with Gasteiger partial charge in [-0.2, -0.15) is 9.41 Å². The van der Waals surface area contributed by atoms with Crippen LogP contribution in [0.25, 0.3) is 0 Å². The van der Waals surface area contributed by atoms with Crippen LogP contribution in [0.3, 0.4) is 0 Å². The molecule has 1 amide bonds. The van der Waals surface area contributed by atoms with Crippen LogP contribution < -0.4 is 10.2 Å². The molecule has 0 spiro atoms. The maximum absolute atomic E-state index is 13.4. The summed E-state index contributed by atoms with van der Waals surface area (Å²) in [5.74, 6) is 0.0621. The minimum Gasteiger partial charge on any atom is -0.497 e. The van der Waals surface area contributed by atoms with Gasteiger partial charge in [-0.15, -0.1) is 0 Å². The van der Waals surface area contributed by atoms with Crippen LogP contribution in [0.4, 0.5) is 0 Å². The van der Waals surface area contributed by atoms with E-state index < -0.39 is 15.9 Å². The van der Waals surface area contributed by atoms with Gasteiger partial charge in [0.25, 0.3) is 5.91 Å². The minimum absolute atomic E-state index is 0.0988. The molecule has 3 aromatic carbocycles. The molecule has 0 fully saturated rings. The maximum atomic E-state index is 13.4. The standard InChI is InChI=1S/C27H31N3O4S/c1-22(13-14-23-9-5-3-6-10-23)28-29-27(31)21-30(20-19-24-11-7-4-8-12-24)35(32,33)26-17-15-25(34-2)16-18-26/h3-12,15-18H,13-14,19-21H2,1-2H3,(H,29,31)/b28-22-. The highest BCUT2D eigenvalue weighted by Gasteiger charge is 2.26. The van der Waals surface area contributed by atoms with E-state index in [1.54, 1.807) is 12.1 Å². The zero-order chi connectivity index (χ0) is 25.1. The van der Waals surface area contributed by atoms with Gasteiger partial charge in [0, 0.05) is 12.3 Å². The fraction of sp³-hybridized carbons (Fsp3) is 0.259. The molecule has 35 heavy (non-hydrogen) atoms. The molecule has 0 aromatic heterocycles. The number of carbonyl (C=O) groups excluding carboxylic acids is 1. The first kappa shape index (κ1) is 26.1. The zero-order valence-corrected chi connectivity index (χ0v) is 20.9. The average Bonchev–Trinajstić information content (AvgIpc) is 2.89. The molecule has 0 radical (unpaired) electrons. The molecule has 3 rings (SSSR count). The van der Waals surface area contributed by atoms with Gasteiger partial charge in [-0.25, -0.2) is 13.8 Å². The third-order valence-electron chi connectivity index (χ3n) is 5.50. The van der Waals surface area contributed by atoms with E-state index in [2.05, 4.69) is 10.5 Å². The number of hydrogen-bond donors (Lipinski definition) is 1. The minimum atomic E-state index is -3.91. The SMILES string of the molecule is COc1ccc(S(=O)(=O)N(CCc2ccccc2)CC(=O)N/N=C(/C)CCc2ccccc2)cc1. The van der Waals surface area contributed by atoms with Crippen molar-refractivity contribution in [2.45, 2.75) is 31.1 Å². The molecule has 0 bridgehead atoms. The number of methoxy groups -OCH3 is 1. The number of amides is 1. The van der Waals surface area contributed by atoms with Gasteiger partial charge in [0.05, 0.1) is 18.6 Å². The summed E-state index contributed by atoms with van der Waals surface area (Å²) in [4.78, 5) is 12.8. The smallest absolute Gasteiger partial charge is 0.255 e. The Balaban J connectivity index is 1.68. The quantitative estimate of drug-likeness (QED) is 0.305. The second-order valence-electron chi connectivity index (χ2n) is 8.12. The first-order valence-corrected chi connectivity index (χ1v) is 12.9. The largest absolute Gasteiger partial charge is 0.497 e. The third kappa shape index (κ3) is 8.05. The lowest BCUT2D eigenvalue weighted by Crippen LogP contribution is -2.40. The Morgan fingerprint density at radius 3 is 2.03 bits per heavy atom. The second-order valence-corrected chi connectivity index (χ2v) is 10.1. The number of rotatable bonds is 12. The van der Waals surface area contributed by atoms with Gasteiger partial charge in [0.15, 0.2) is 0 Å². The van der Waals surface area contributed by atoms with Crippen LogP contribution in [0.2, 0.25) is 0 Å². The Morgan fingerprint density at radius 2 is 1.46 bits per heavy atom. The van der Waals surface area contributed by atoms with E-state index in [1.165, 1.54) is 29.1 Å². The van der Waals surface area contributed by atoms with Gasteiger partial charge in [0.2, 0.25) is 10.0 Å². The summed E-state index contributed by atoms with van der Waals surface area (Å²) in [7, 11) is -2.39. The monoisotopic (exact) mass is 493 g/mol. The molecule has 184 valence electrons. The number of carbonyl (C=O) groups is 1. The van der Waals surface area contributed by atoms with Crippen LogP contribution in [0.15, 0.2) is 94.9 Å². The molecule has 1 N–H and O–H groups in total. The number of nitrogens with zero attached hydrogens (tertiary/aromatic N) is 2. The van der Waals surface area contributed by atoms with Crippen molar-refractivity contribution in [1.29, 1.82) is 0 Å². The Bertz CT molecular complexity index is 1210. The van der Waals surface area contributed by atoms with Crippen LogP contribution in [0, 0.1) is 0 Å². The molecular weight excluding hydrogens is 462 g/mol. The highest BCUT2D eigenvalue weighted by Crippen LogP contribution is 2.20. The highest BCUT2D eigenvalue weighted by atomic mass is 32.2. The second kappa shape index (κ2) is 12.8. The number of hydrogen-bond acceptors (Lipinski definition) is 5. The van der Waals surface area contributed by atoms with Crippen molar-refractivity contribution in [3.05, 3.63) is 96.1 Å². The molecule has 0 aliphatic rings. The molecule has 0 saturated carbocycles. The summed E-state index contributed by atoms with van der Waals surface area (Å²) < 4.78 is 33.0. The normalized spacial score (nSPS) is 11.9. The number of benzene rings is 3. The van der Waals surface area contributed by atoms with E-state index in [1.807, 2.05) is 67.6 Å². The van der Waals surface area contributed by atoms with Crippen molar-refractivity contribution in [1.82, 2.24) is 9.73 Å². The van der Waals surface area contributed by atoms with Crippen molar-refractivity contribution in [2.75, 3.05) is 20.2 Å². The fourth-order valence-electron chi connectivity index (χ4n) is 3.46. The van der Waals surface area contributed by atoms with Crippen LogP contribution >= 0.6 is 0 Å². The molecule has 3 aromatic rings. The van der Waals surface area contributed by atoms with Gasteiger partial charge in [-0.1, -0.05) is 60.7 Å². The predicted molar refractivity (Wildman–Crippen MR) is 138 cm³/mol. The first-order chi connectivity index (χ1) is 16.9. The Labute approximate surface area is 207 Å². The zero-order valence-electron chi connectivity index (χ0n) is 20.1. The number of aryl methyl sites for hydroxylation is 1. The predicted octanol–water partition coefficient (Wildman–Crippen LogP) is 4.05. The molecule has 0 aliphatic carbocycles. The topological polar surface area (TPSA) is 88.1 Å². The van der Waals surface area contributed by atoms with Gasteiger partial charge in [0.1, 0.15) is 5.75 Å². The van der Waals surface area contributed by atoms with Crippen LogP contribution in [0.1, 0.15) is 24.5 Å². The summed E-state index contributed by atoms with van der Waals surface area (Å²) in [5, 5.41) is 4.17. The van der Waals surface area contributed by atoms with Crippen LogP contribution in [0.5, 0.6) is 5.75 Å². The Morgan fingerprint density at radius 1 is 0.886 bits per heavy atom. The molecular formula is C27H31N3O4S. The molecule has 8 heteroatoms. The first-order valence-electron chi connectivity index (χ1n) is 11.4. The van der Waals surface area contributed by atoms with Crippen molar-refractivity contribution in [3.8, 4) is 5.75 Å². The van der Waals surface area contributed by atoms with E-state index in [4.69, 9.17) is 4.74 Å². The van der Waals surface area contributed by atoms with Gasteiger partial charge in [-0.05, 0) is 61.6 Å². The van der Waals surface area contributed by atoms with E-state index in [9.17, 15) is 13.2 Å². The summed E-state index contributed by atoms with van der Waals surface area (Å²) in [6, 6.07) is 25.7. The summed E-state index contributed by atoms with van der Waals surface area (Å²) in [5.41, 5.74) is 5.44. The fourth-order valence-corrected chi connectivity index (χ4v) is 4.86. The van der Waals surface area contributed by atoms with Crippen LogP contribution in [-0.2, 0) is 27.7 Å². The van der Waals surface area contributed by atoms with E-state index in [0.717, 1.165) is 17.7 Å². The van der Waals surface area contributed by atoms with E-state index in [-0.39, 0.29) is 18.0 Å². The van der Waals surface area contributed by atoms with Crippen molar-refractivity contribution in [2.24, 2.45) is 5.10 Å². The third-order valence-corrected chi connectivity index (χ3v) is 7.36. The average molecular weight is 494 g/mol. The number of nitrogens with one attached hydrogen (secondary N) is 1. The number of hydrazone groups is 1. The molecule has 0 atom stereocenters. The van der Waals surface area contributed by atoms with Crippen molar-refractivity contribution < 1.29 is 17.9 Å². The summed E-state index contributed by atoms with van der Waals surface area (Å²) in [6.07, 6.45) is 1.97. The summed E-state index contributed by atoms with van der Waals surface area (Å²) in [6.45, 7) is 1.66. The summed E-state index contributed by atoms with van der Waals surface area (Å²) >= 11 is 0. The van der Waals surface area contributed by atoms with Crippen molar-refractivity contribution in [3.63, 3.8) is 0 Å². The highest BCUT2D eigenvalue weighted by molar-refractivity contribution is 7.89.